The quantitative estimate of drug-likeness (QED) is 0.242. The van der Waals surface area contributed by atoms with Crippen molar-refractivity contribution in [1.29, 1.82) is 0 Å². The molecule has 10 nitrogen and oxygen atoms in total. The third kappa shape index (κ3) is 4.74. The third-order valence-electron chi connectivity index (χ3n) is 7.30. The number of fused-ring (bicyclic) bond motifs is 2. The Bertz CT molecular complexity index is 2020. The molecule has 0 aliphatic rings. The minimum absolute atomic E-state index is 0.0574. The van der Waals surface area contributed by atoms with Crippen LogP contribution < -0.4 is 9.47 Å². The van der Waals surface area contributed by atoms with E-state index in [-0.39, 0.29) is 11.5 Å². The molecule has 7 aromatic rings. The highest BCUT2D eigenvalue weighted by atomic mass is 16.5. The summed E-state index contributed by atoms with van der Waals surface area (Å²) in [5.74, 6) is 1.31. The van der Waals surface area contributed by atoms with E-state index >= 15 is 0 Å². The van der Waals surface area contributed by atoms with Gasteiger partial charge >= 0.3 is 0 Å². The Kier molecular flexibility index (Phi) is 6.16. The van der Waals surface area contributed by atoms with E-state index in [0.717, 1.165) is 27.8 Å². The Morgan fingerprint density at radius 2 is 0.930 bits per heavy atom. The van der Waals surface area contributed by atoms with Crippen molar-refractivity contribution in [3.63, 3.8) is 0 Å². The average molecular weight is 571 g/mol. The predicted molar refractivity (Wildman–Crippen MR) is 163 cm³/mol. The summed E-state index contributed by atoms with van der Waals surface area (Å²) in [6.45, 7) is 2.06. The molecular formula is C33H26N6O4. The summed E-state index contributed by atoms with van der Waals surface area (Å²) in [7, 11) is 3.14. The molecule has 0 saturated heterocycles. The summed E-state index contributed by atoms with van der Waals surface area (Å²) in [4.78, 5) is 2.84. The fraction of sp³-hybridized carbons (Fsp3) is 0.0909. The molecular weight excluding hydrogens is 544 g/mol. The van der Waals surface area contributed by atoms with Gasteiger partial charge in [-0.25, -0.2) is 0 Å². The lowest BCUT2D eigenvalue weighted by Crippen LogP contribution is -1.99. The minimum atomic E-state index is 0.0574. The molecule has 0 radical (unpaired) electrons. The fourth-order valence-corrected chi connectivity index (χ4v) is 5.10. The first kappa shape index (κ1) is 26.0. The number of aromatic hydroxyl groups is 2. The molecule has 0 amide bonds. The van der Waals surface area contributed by atoms with Crippen LogP contribution in [0.4, 0.5) is 0 Å². The largest absolute Gasteiger partial charge is 0.506 e. The number of phenols is 2. The van der Waals surface area contributed by atoms with Crippen LogP contribution in [0.2, 0.25) is 0 Å². The van der Waals surface area contributed by atoms with Gasteiger partial charge in [-0.2, -0.15) is 0 Å². The Balaban J connectivity index is 1.25. The minimum Gasteiger partial charge on any atom is -0.506 e. The summed E-state index contributed by atoms with van der Waals surface area (Å²) < 4.78 is 10.6. The highest BCUT2D eigenvalue weighted by Crippen LogP contribution is 2.33. The summed E-state index contributed by atoms with van der Waals surface area (Å²) >= 11 is 0. The highest BCUT2D eigenvalue weighted by molar-refractivity contribution is 5.85. The highest BCUT2D eigenvalue weighted by Gasteiger charge is 2.14. The molecule has 43 heavy (non-hydrogen) atoms. The number of phenolic OH excluding ortho intramolecular Hbond substituents is 2. The zero-order valence-electron chi connectivity index (χ0n) is 23.6. The molecule has 2 aromatic heterocycles. The first-order valence-corrected chi connectivity index (χ1v) is 13.5. The lowest BCUT2D eigenvalue weighted by atomic mass is 9.96. The van der Waals surface area contributed by atoms with Crippen LogP contribution in [0.15, 0.2) is 91.0 Å². The van der Waals surface area contributed by atoms with Crippen molar-refractivity contribution in [2.45, 2.75) is 6.92 Å². The van der Waals surface area contributed by atoms with Gasteiger partial charge < -0.3 is 19.7 Å². The Hall–Kier alpha value is -5.90. The number of benzene rings is 5. The monoisotopic (exact) mass is 570 g/mol. The number of hydrogen-bond acceptors (Lipinski definition) is 8. The number of rotatable bonds is 6. The molecule has 5 aromatic carbocycles. The second kappa shape index (κ2) is 10.2. The second-order valence-electron chi connectivity index (χ2n) is 10.2. The maximum Gasteiger partial charge on any atom is 0.143 e. The molecule has 0 aliphatic heterocycles. The number of nitrogens with zero attached hydrogens (tertiary/aromatic N) is 6. The van der Waals surface area contributed by atoms with Crippen LogP contribution in [0, 0.1) is 6.92 Å². The summed E-state index contributed by atoms with van der Waals surface area (Å²) in [6, 6.07) is 28.1. The molecule has 10 heteroatoms. The standard InChI is InChI=1S/C33H26N6O4/c1-19-12-22(20-4-8-26-28(15-20)36-38(34-26)30-17-24(42-2)6-10-32(30)40)14-23(13-19)21-5-9-27-29(16-21)37-39(35-27)31-18-25(43-3)7-11-33(31)41/h4-18,40-41H,1-3H3. The van der Waals surface area contributed by atoms with Crippen LogP contribution in [0.1, 0.15) is 5.56 Å². The van der Waals surface area contributed by atoms with Crippen LogP contribution in [0.5, 0.6) is 23.0 Å². The lowest BCUT2D eigenvalue weighted by molar-refractivity contribution is 0.411. The van der Waals surface area contributed by atoms with Gasteiger partial charge in [-0.3, -0.25) is 0 Å². The van der Waals surface area contributed by atoms with E-state index in [9.17, 15) is 10.2 Å². The topological polar surface area (TPSA) is 120 Å². The van der Waals surface area contributed by atoms with E-state index in [0.29, 0.717) is 44.9 Å². The van der Waals surface area contributed by atoms with Gasteiger partial charge in [0.05, 0.1) is 14.2 Å². The Morgan fingerprint density at radius 1 is 0.488 bits per heavy atom. The van der Waals surface area contributed by atoms with E-state index in [2.05, 4.69) is 45.5 Å². The van der Waals surface area contributed by atoms with Gasteiger partial charge in [-0.1, -0.05) is 24.3 Å². The fourth-order valence-electron chi connectivity index (χ4n) is 5.10. The second-order valence-corrected chi connectivity index (χ2v) is 10.2. The first-order chi connectivity index (χ1) is 20.9. The molecule has 7 rings (SSSR count). The van der Waals surface area contributed by atoms with Crippen molar-refractivity contribution >= 4 is 22.1 Å². The first-order valence-electron chi connectivity index (χ1n) is 13.5. The van der Waals surface area contributed by atoms with Gasteiger partial charge in [0, 0.05) is 12.1 Å². The molecule has 2 heterocycles. The van der Waals surface area contributed by atoms with Crippen molar-refractivity contribution < 1.29 is 19.7 Å². The van der Waals surface area contributed by atoms with Crippen molar-refractivity contribution in [2.24, 2.45) is 0 Å². The Labute approximate surface area is 246 Å². The third-order valence-corrected chi connectivity index (χ3v) is 7.30. The van der Waals surface area contributed by atoms with Gasteiger partial charge in [0.2, 0.25) is 0 Å². The number of hydrogen-bond donors (Lipinski definition) is 2. The molecule has 212 valence electrons. The SMILES string of the molecule is COc1ccc(O)c(-n2nc3ccc(-c4cc(C)cc(-c5ccc6nn(-c7cc(OC)ccc7O)nc6c5)c4)cc3n2)c1. The van der Waals surface area contributed by atoms with Crippen molar-refractivity contribution in [2.75, 3.05) is 14.2 Å². The average Bonchev–Trinajstić information content (AvgIpc) is 3.64. The predicted octanol–water partition coefficient (Wildman–Crippen LogP) is 6.23. The molecule has 0 atom stereocenters. The molecule has 0 spiro atoms. The summed E-state index contributed by atoms with van der Waals surface area (Å²) in [5.41, 5.74) is 8.80. The van der Waals surface area contributed by atoms with Crippen LogP contribution in [-0.4, -0.2) is 54.4 Å². The molecule has 0 unspecified atom stereocenters. The molecule has 2 N–H and O–H groups in total. The number of ether oxygens (including phenoxy) is 2. The van der Waals surface area contributed by atoms with Crippen LogP contribution >= 0.6 is 0 Å². The van der Waals surface area contributed by atoms with E-state index in [1.54, 1.807) is 50.6 Å². The number of methoxy groups -OCH3 is 2. The van der Waals surface area contributed by atoms with Crippen LogP contribution in [0.3, 0.4) is 0 Å². The normalized spacial score (nSPS) is 11.3. The molecule has 0 aliphatic carbocycles. The molecule has 0 fully saturated rings. The smallest absolute Gasteiger partial charge is 0.143 e. The lowest BCUT2D eigenvalue weighted by Gasteiger charge is -2.08. The van der Waals surface area contributed by atoms with E-state index in [1.807, 2.05) is 36.4 Å². The van der Waals surface area contributed by atoms with Crippen molar-refractivity contribution in [1.82, 2.24) is 30.0 Å². The number of aromatic nitrogens is 6. The van der Waals surface area contributed by atoms with Gasteiger partial charge in [-0.05, 0) is 89.3 Å². The Morgan fingerprint density at radius 3 is 1.37 bits per heavy atom. The molecule has 0 bridgehead atoms. The van der Waals surface area contributed by atoms with Crippen LogP contribution in [0.25, 0.3) is 55.7 Å². The van der Waals surface area contributed by atoms with Gasteiger partial charge in [0.25, 0.3) is 0 Å². The zero-order chi connectivity index (χ0) is 29.7. The van der Waals surface area contributed by atoms with E-state index < -0.39 is 0 Å². The van der Waals surface area contributed by atoms with Gasteiger partial charge in [0.15, 0.2) is 0 Å². The van der Waals surface area contributed by atoms with Crippen molar-refractivity contribution in [3.05, 3.63) is 96.6 Å². The van der Waals surface area contributed by atoms with Crippen LogP contribution in [-0.2, 0) is 0 Å². The van der Waals surface area contributed by atoms with Gasteiger partial charge in [0.1, 0.15) is 56.4 Å². The molecule has 0 saturated carbocycles. The van der Waals surface area contributed by atoms with Crippen molar-refractivity contribution in [3.8, 4) is 56.6 Å². The van der Waals surface area contributed by atoms with E-state index in [1.165, 1.54) is 9.59 Å². The summed E-state index contributed by atoms with van der Waals surface area (Å²) in [5, 5.41) is 39.2. The number of aryl methyl sites for hydroxylation is 1. The summed E-state index contributed by atoms with van der Waals surface area (Å²) in [6.07, 6.45) is 0. The maximum absolute atomic E-state index is 10.4. The maximum atomic E-state index is 10.4. The van der Waals surface area contributed by atoms with Gasteiger partial charge in [-0.15, -0.1) is 30.0 Å². The zero-order valence-corrected chi connectivity index (χ0v) is 23.6. The van der Waals surface area contributed by atoms with E-state index in [4.69, 9.17) is 9.47 Å².